The summed E-state index contributed by atoms with van der Waals surface area (Å²) in [6.07, 6.45) is -1.86. The molecular formula is C21H22N2O6. The second-order valence-corrected chi connectivity index (χ2v) is 6.55. The molecule has 0 bridgehead atoms. The van der Waals surface area contributed by atoms with Crippen molar-refractivity contribution < 1.29 is 29.0 Å². The Bertz CT molecular complexity index is 868. The van der Waals surface area contributed by atoms with Crippen molar-refractivity contribution in [2.24, 2.45) is 0 Å². The van der Waals surface area contributed by atoms with Gasteiger partial charge in [-0.25, -0.2) is 9.59 Å². The number of carbonyl (C=O) groups is 3. The molecule has 0 aromatic heterocycles. The smallest absolute Gasteiger partial charge is 0.407 e. The molecule has 3 N–H and O–H groups in total. The number of nitrogens with one attached hydrogen (secondary N) is 2. The Labute approximate surface area is 167 Å². The number of methoxy groups -OCH3 is 1. The summed E-state index contributed by atoms with van der Waals surface area (Å²) >= 11 is 0. The van der Waals surface area contributed by atoms with Crippen molar-refractivity contribution in [3.63, 3.8) is 0 Å². The highest BCUT2D eigenvalue weighted by atomic mass is 16.5. The zero-order valence-corrected chi connectivity index (χ0v) is 15.9. The molecule has 0 saturated carbocycles. The highest BCUT2D eigenvalue weighted by Crippen LogP contribution is 2.44. The number of benzene rings is 2. The van der Waals surface area contributed by atoms with Crippen LogP contribution >= 0.6 is 0 Å². The number of hydrogen-bond acceptors (Lipinski definition) is 5. The summed E-state index contributed by atoms with van der Waals surface area (Å²) < 4.78 is 10.0. The van der Waals surface area contributed by atoms with Crippen molar-refractivity contribution in [1.29, 1.82) is 0 Å². The van der Waals surface area contributed by atoms with Gasteiger partial charge < -0.3 is 25.2 Å². The second-order valence-electron chi connectivity index (χ2n) is 6.55. The molecule has 1 unspecified atom stereocenters. The van der Waals surface area contributed by atoms with Crippen LogP contribution in [0.4, 0.5) is 4.79 Å². The number of carboxylic acids is 1. The zero-order chi connectivity index (χ0) is 20.8. The average molecular weight is 398 g/mol. The van der Waals surface area contributed by atoms with Gasteiger partial charge in [0.15, 0.2) is 6.10 Å². The third-order valence-corrected chi connectivity index (χ3v) is 4.78. The molecule has 2 aromatic rings. The Hall–Kier alpha value is -3.39. The summed E-state index contributed by atoms with van der Waals surface area (Å²) in [5.74, 6) is -1.79. The van der Waals surface area contributed by atoms with Gasteiger partial charge in [0.2, 0.25) is 5.91 Å². The molecule has 0 fully saturated rings. The van der Waals surface area contributed by atoms with E-state index in [0.717, 1.165) is 22.3 Å². The van der Waals surface area contributed by atoms with E-state index in [1.54, 1.807) is 0 Å². The number of carboxylic acid groups (broad SMARTS) is 1. The van der Waals surface area contributed by atoms with Gasteiger partial charge in [0.05, 0.1) is 13.1 Å². The highest BCUT2D eigenvalue weighted by molar-refractivity contribution is 5.83. The molecule has 1 atom stereocenters. The third kappa shape index (κ3) is 4.72. The van der Waals surface area contributed by atoms with Gasteiger partial charge in [-0.2, -0.15) is 0 Å². The zero-order valence-electron chi connectivity index (χ0n) is 15.9. The predicted molar refractivity (Wildman–Crippen MR) is 105 cm³/mol. The average Bonchev–Trinajstić information content (AvgIpc) is 3.05. The van der Waals surface area contributed by atoms with Gasteiger partial charge in [-0.05, 0) is 22.3 Å². The monoisotopic (exact) mass is 398 g/mol. The Morgan fingerprint density at radius 2 is 1.59 bits per heavy atom. The molecule has 1 aliphatic carbocycles. The van der Waals surface area contributed by atoms with Crippen molar-refractivity contribution in [3.05, 3.63) is 59.7 Å². The Morgan fingerprint density at radius 3 is 2.14 bits per heavy atom. The lowest BCUT2D eigenvalue weighted by Gasteiger charge is -2.15. The number of hydrogen-bond donors (Lipinski definition) is 3. The van der Waals surface area contributed by atoms with E-state index in [9.17, 15) is 14.4 Å². The van der Waals surface area contributed by atoms with Crippen molar-refractivity contribution in [3.8, 4) is 11.1 Å². The largest absolute Gasteiger partial charge is 0.479 e. The number of carbonyl (C=O) groups excluding carboxylic acids is 2. The topological polar surface area (TPSA) is 114 Å². The minimum absolute atomic E-state index is 0.0694. The molecule has 8 heteroatoms. The molecule has 2 amide bonds. The second kappa shape index (κ2) is 9.20. The number of amides is 2. The summed E-state index contributed by atoms with van der Waals surface area (Å²) in [6, 6.07) is 16.0. The molecule has 2 aromatic carbocycles. The van der Waals surface area contributed by atoms with E-state index in [0.29, 0.717) is 0 Å². The quantitative estimate of drug-likeness (QED) is 0.624. The molecule has 3 rings (SSSR count). The lowest BCUT2D eigenvalue weighted by Crippen LogP contribution is -2.42. The predicted octanol–water partition coefficient (Wildman–Crippen LogP) is 1.74. The van der Waals surface area contributed by atoms with Crippen LogP contribution in [0.5, 0.6) is 0 Å². The first kappa shape index (κ1) is 20.3. The molecule has 29 heavy (non-hydrogen) atoms. The Morgan fingerprint density at radius 1 is 1.00 bits per heavy atom. The van der Waals surface area contributed by atoms with Crippen LogP contribution in [0.25, 0.3) is 11.1 Å². The van der Waals surface area contributed by atoms with Crippen LogP contribution in [0.1, 0.15) is 17.0 Å². The molecule has 0 radical (unpaired) electrons. The number of alkyl carbamates (subject to hydrolysis) is 1. The van der Waals surface area contributed by atoms with E-state index in [-0.39, 0.29) is 25.6 Å². The van der Waals surface area contributed by atoms with Crippen LogP contribution in [-0.4, -0.2) is 56.0 Å². The van der Waals surface area contributed by atoms with Gasteiger partial charge in [0.1, 0.15) is 6.61 Å². The van der Waals surface area contributed by atoms with Crippen LogP contribution in [0.3, 0.4) is 0 Å². The first-order valence-corrected chi connectivity index (χ1v) is 9.12. The van der Waals surface area contributed by atoms with Gasteiger partial charge in [-0.3, -0.25) is 4.79 Å². The molecular weight excluding hydrogens is 376 g/mol. The van der Waals surface area contributed by atoms with Gasteiger partial charge in [0, 0.05) is 13.0 Å². The van der Waals surface area contributed by atoms with Gasteiger partial charge in [-0.1, -0.05) is 48.5 Å². The normalized spacial score (nSPS) is 13.1. The number of ether oxygens (including phenoxy) is 2. The molecule has 0 spiro atoms. The molecule has 1 aliphatic rings. The van der Waals surface area contributed by atoms with Crippen LogP contribution in [-0.2, 0) is 19.1 Å². The summed E-state index contributed by atoms with van der Waals surface area (Å²) in [5.41, 5.74) is 4.45. The molecule has 0 heterocycles. The summed E-state index contributed by atoms with van der Waals surface area (Å²) in [4.78, 5) is 34.6. The molecule has 0 saturated heterocycles. The minimum Gasteiger partial charge on any atom is -0.479 e. The SMILES string of the molecule is COC(CNC(=O)CNC(=O)OCC1c2ccccc2-c2ccccc21)C(=O)O. The van der Waals surface area contributed by atoms with Crippen LogP contribution in [0, 0.1) is 0 Å². The fourth-order valence-corrected chi connectivity index (χ4v) is 3.34. The van der Waals surface area contributed by atoms with Crippen LogP contribution in [0.15, 0.2) is 48.5 Å². The van der Waals surface area contributed by atoms with Crippen LogP contribution < -0.4 is 10.6 Å². The van der Waals surface area contributed by atoms with Crippen LogP contribution in [0.2, 0.25) is 0 Å². The fourth-order valence-electron chi connectivity index (χ4n) is 3.34. The molecule has 0 aliphatic heterocycles. The van der Waals surface area contributed by atoms with E-state index >= 15 is 0 Å². The first-order chi connectivity index (χ1) is 14.0. The minimum atomic E-state index is -1.18. The summed E-state index contributed by atoms with van der Waals surface area (Å²) in [5, 5.41) is 13.6. The number of aliphatic carboxylic acids is 1. The van der Waals surface area contributed by atoms with E-state index in [1.807, 2.05) is 48.5 Å². The van der Waals surface area contributed by atoms with Crippen molar-refractivity contribution in [1.82, 2.24) is 10.6 Å². The molecule has 152 valence electrons. The molecule has 8 nitrogen and oxygen atoms in total. The maximum atomic E-state index is 12.0. The fraction of sp³-hybridized carbons (Fsp3) is 0.286. The van der Waals surface area contributed by atoms with E-state index < -0.39 is 24.1 Å². The standard InChI is InChI=1S/C21H22N2O6/c1-28-18(20(25)26)10-22-19(24)11-23-21(27)29-12-17-15-8-4-2-6-13(15)14-7-3-5-9-16(14)17/h2-9,17-18H,10-12H2,1H3,(H,22,24)(H,23,27)(H,25,26). The summed E-state index contributed by atoms with van der Waals surface area (Å²) in [7, 11) is 1.24. The number of fused-ring (bicyclic) bond motifs is 3. The van der Waals surface area contributed by atoms with E-state index in [2.05, 4.69) is 10.6 Å². The summed E-state index contributed by atoms with van der Waals surface area (Å²) in [6.45, 7) is -0.379. The lowest BCUT2D eigenvalue weighted by atomic mass is 9.98. The Balaban J connectivity index is 1.50. The number of rotatable bonds is 8. The van der Waals surface area contributed by atoms with Crippen molar-refractivity contribution >= 4 is 18.0 Å². The highest BCUT2D eigenvalue weighted by Gasteiger charge is 2.29. The van der Waals surface area contributed by atoms with Gasteiger partial charge in [0.25, 0.3) is 0 Å². The van der Waals surface area contributed by atoms with Crippen molar-refractivity contribution in [2.45, 2.75) is 12.0 Å². The first-order valence-electron chi connectivity index (χ1n) is 9.12. The van der Waals surface area contributed by atoms with Gasteiger partial charge >= 0.3 is 12.1 Å². The van der Waals surface area contributed by atoms with E-state index in [1.165, 1.54) is 7.11 Å². The van der Waals surface area contributed by atoms with Crippen molar-refractivity contribution in [2.75, 3.05) is 26.8 Å². The third-order valence-electron chi connectivity index (χ3n) is 4.78. The Kier molecular flexibility index (Phi) is 6.46. The lowest BCUT2D eigenvalue weighted by molar-refractivity contribution is -0.148. The maximum absolute atomic E-state index is 12.0. The maximum Gasteiger partial charge on any atom is 0.407 e. The van der Waals surface area contributed by atoms with E-state index in [4.69, 9.17) is 14.6 Å². The van der Waals surface area contributed by atoms with Gasteiger partial charge in [-0.15, -0.1) is 0 Å².